The molecule has 1 aromatic carbocycles. The lowest BCUT2D eigenvalue weighted by Crippen LogP contribution is -2.12. The molecule has 1 atom stereocenters. The summed E-state index contributed by atoms with van der Waals surface area (Å²) in [6.07, 6.45) is 0.939. The molecule has 0 fully saturated rings. The van der Waals surface area contributed by atoms with Gasteiger partial charge in [0.2, 0.25) is 0 Å². The van der Waals surface area contributed by atoms with Gasteiger partial charge in [0.05, 0.1) is 0 Å². The van der Waals surface area contributed by atoms with E-state index in [0.717, 1.165) is 18.6 Å². The summed E-state index contributed by atoms with van der Waals surface area (Å²) in [5, 5.41) is 0. The molecule has 0 N–H and O–H groups in total. The largest absolute Gasteiger partial charge is 0.299 e. The molecule has 0 spiro atoms. The predicted octanol–water partition coefficient (Wildman–Crippen LogP) is 3.12. The van der Waals surface area contributed by atoms with Crippen LogP contribution < -0.4 is 0 Å². The summed E-state index contributed by atoms with van der Waals surface area (Å²) in [5.41, 5.74) is 0.527. The van der Waals surface area contributed by atoms with Gasteiger partial charge in [-0.05, 0) is 24.1 Å². The molecule has 1 aromatic rings. The lowest BCUT2D eigenvalue weighted by molar-refractivity contribution is -0.121. The normalized spacial score (nSPS) is 12.5. The first-order chi connectivity index (χ1) is 7.04. The average molecular weight is 212 g/mol. The maximum Gasteiger partial charge on any atom is 0.159 e. The number of hydrogen-bond acceptors (Lipinski definition) is 1. The van der Waals surface area contributed by atoms with Crippen LogP contribution in [0.25, 0.3) is 0 Å². The summed E-state index contributed by atoms with van der Waals surface area (Å²) in [4.78, 5) is 11.5. The van der Waals surface area contributed by atoms with Gasteiger partial charge in [0.15, 0.2) is 11.6 Å². The molecule has 0 heterocycles. The van der Waals surface area contributed by atoms with Crippen molar-refractivity contribution in [2.24, 2.45) is 5.92 Å². The maximum atomic E-state index is 12.8. The quantitative estimate of drug-likeness (QED) is 0.749. The van der Waals surface area contributed by atoms with Crippen LogP contribution in [0.3, 0.4) is 0 Å². The van der Waals surface area contributed by atoms with Crippen LogP contribution in [0.2, 0.25) is 0 Å². The Morgan fingerprint density at radius 3 is 2.53 bits per heavy atom. The highest BCUT2D eigenvalue weighted by Crippen LogP contribution is 2.12. The number of halogens is 2. The van der Waals surface area contributed by atoms with Crippen LogP contribution in [0.15, 0.2) is 18.2 Å². The molecular formula is C12H14F2O. The van der Waals surface area contributed by atoms with Gasteiger partial charge in [0.1, 0.15) is 5.78 Å². The van der Waals surface area contributed by atoms with Gasteiger partial charge in [0, 0.05) is 12.3 Å². The molecule has 0 radical (unpaired) electrons. The van der Waals surface area contributed by atoms with Crippen LogP contribution in [-0.4, -0.2) is 5.78 Å². The first-order valence-electron chi connectivity index (χ1n) is 5.01. The molecule has 0 aliphatic carbocycles. The molecular weight excluding hydrogens is 198 g/mol. The minimum absolute atomic E-state index is 0.0295. The van der Waals surface area contributed by atoms with Crippen molar-refractivity contribution in [3.63, 3.8) is 0 Å². The van der Waals surface area contributed by atoms with E-state index in [1.807, 2.05) is 13.8 Å². The van der Waals surface area contributed by atoms with E-state index in [1.54, 1.807) is 0 Å². The molecule has 0 bridgehead atoms. The Balaban J connectivity index is 2.73. The third kappa shape index (κ3) is 3.11. The molecule has 0 saturated heterocycles. The summed E-state index contributed by atoms with van der Waals surface area (Å²) >= 11 is 0. The Morgan fingerprint density at radius 1 is 1.33 bits per heavy atom. The SMILES string of the molecule is CCC(C)C(=O)Cc1ccc(F)c(F)c1. The summed E-state index contributed by atoms with van der Waals surface area (Å²) < 4.78 is 25.4. The Kier molecular flexibility index (Phi) is 3.95. The molecule has 0 aliphatic heterocycles. The van der Waals surface area contributed by atoms with Crippen molar-refractivity contribution in [1.82, 2.24) is 0 Å². The molecule has 0 aromatic heterocycles. The van der Waals surface area contributed by atoms with Gasteiger partial charge < -0.3 is 0 Å². The van der Waals surface area contributed by atoms with E-state index < -0.39 is 11.6 Å². The van der Waals surface area contributed by atoms with E-state index in [4.69, 9.17) is 0 Å². The van der Waals surface area contributed by atoms with Crippen LogP contribution in [0.4, 0.5) is 8.78 Å². The number of hydrogen-bond donors (Lipinski definition) is 0. The first kappa shape index (κ1) is 11.8. The minimum Gasteiger partial charge on any atom is -0.299 e. The molecule has 1 rings (SSSR count). The monoisotopic (exact) mass is 212 g/mol. The van der Waals surface area contributed by atoms with Crippen LogP contribution in [0, 0.1) is 17.6 Å². The molecule has 15 heavy (non-hydrogen) atoms. The summed E-state index contributed by atoms with van der Waals surface area (Å²) in [7, 11) is 0. The Bertz CT molecular complexity index is 361. The predicted molar refractivity (Wildman–Crippen MR) is 54.5 cm³/mol. The standard InChI is InChI=1S/C12H14F2O/c1-3-8(2)12(15)7-9-4-5-10(13)11(14)6-9/h4-6,8H,3,7H2,1-2H3. The average Bonchev–Trinajstić information content (AvgIpc) is 2.22. The lowest BCUT2D eigenvalue weighted by atomic mass is 9.97. The zero-order valence-electron chi connectivity index (χ0n) is 8.89. The van der Waals surface area contributed by atoms with Gasteiger partial charge in [-0.15, -0.1) is 0 Å². The van der Waals surface area contributed by atoms with Gasteiger partial charge in [-0.25, -0.2) is 8.78 Å². The van der Waals surface area contributed by atoms with Crippen molar-refractivity contribution in [1.29, 1.82) is 0 Å². The summed E-state index contributed by atoms with van der Waals surface area (Å²) in [5.74, 6) is -1.75. The first-order valence-corrected chi connectivity index (χ1v) is 5.01. The molecule has 0 aliphatic rings. The fourth-order valence-electron chi connectivity index (χ4n) is 1.25. The van der Waals surface area contributed by atoms with E-state index in [9.17, 15) is 13.6 Å². The molecule has 1 unspecified atom stereocenters. The summed E-state index contributed by atoms with van der Waals surface area (Å²) in [6, 6.07) is 3.57. The fourth-order valence-corrected chi connectivity index (χ4v) is 1.25. The van der Waals surface area contributed by atoms with Crippen LogP contribution in [0.1, 0.15) is 25.8 Å². The Labute approximate surface area is 88.1 Å². The van der Waals surface area contributed by atoms with Crippen molar-refractivity contribution < 1.29 is 13.6 Å². The number of carbonyl (C=O) groups excluding carboxylic acids is 1. The second kappa shape index (κ2) is 5.01. The van der Waals surface area contributed by atoms with E-state index in [1.165, 1.54) is 6.07 Å². The number of rotatable bonds is 4. The third-order valence-electron chi connectivity index (χ3n) is 2.52. The molecule has 1 nitrogen and oxygen atoms in total. The van der Waals surface area contributed by atoms with Gasteiger partial charge in [-0.2, -0.15) is 0 Å². The van der Waals surface area contributed by atoms with Crippen LogP contribution >= 0.6 is 0 Å². The highest BCUT2D eigenvalue weighted by Gasteiger charge is 2.12. The Morgan fingerprint density at radius 2 is 2.00 bits per heavy atom. The third-order valence-corrected chi connectivity index (χ3v) is 2.52. The molecule has 0 amide bonds. The number of benzene rings is 1. The molecule has 0 saturated carbocycles. The maximum absolute atomic E-state index is 12.8. The van der Waals surface area contributed by atoms with Crippen molar-refractivity contribution in [2.75, 3.05) is 0 Å². The van der Waals surface area contributed by atoms with Crippen molar-refractivity contribution >= 4 is 5.78 Å². The number of ketones is 1. The molecule has 3 heteroatoms. The zero-order chi connectivity index (χ0) is 11.4. The second-order valence-corrected chi connectivity index (χ2v) is 3.70. The van der Waals surface area contributed by atoms with E-state index in [0.29, 0.717) is 5.56 Å². The van der Waals surface area contributed by atoms with Crippen LogP contribution in [-0.2, 0) is 11.2 Å². The lowest BCUT2D eigenvalue weighted by Gasteiger charge is -2.07. The van der Waals surface area contributed by atoms with Gasteiger partial charge >= 0.3 is 0 Å². The van der Waals surface area contributed by atoms with E-state index >= 15 is 0 Å². The van der Waals surface area contributed by atoms with Gasteiger partial charge in [-0.1, -0.05) is 19.9 Å². The van der Waals surface area contributed by atoms with Crippen LogP contribution in [0.5, 0.6) is 0 Å². The number of carbonyl (C=O) groups is 1. The number of Topliss-reactive ketones (excluding diaryl/α,β-unsaturated/α-hetero) is 1. The smallest absolute Gasteiger partial charge is 0.159 e. The summed E-state index contributed by atoms with van der Waals surface area (Å²) in [6.45, 7) is 3.76. The van der Waals surface area contributed by atoms with E-state index in [-0.39, 0.29) is 18.1 Å². The fraction of sp³-hybridized carbons (Fsp3) is 0.417. The van der Waals surface area contributed by atoms with Gasteiger partial charge in [0.25, 0.3) is 0 Å². The molecule has 82 valence electrons. The van der Waals surface area contributed by atoms with Crippen molar-refractivity contribution in [3.05, 3.63) is 35.4 Å². The minimum atomic E-state index is -0.899. The van der Waals surface area contributed by atoms with E-state index in [2.05, 4.69) is 0 Å². The zero-order valence-corrected chi connectivity index (χ0v) is 8.89. The highest BCUT2D eigenvalue weighted by molar-refractivity contribution is 5.82. The highest BCUT2D eigenvalue weighted by atomic mass is 19.2. The van der Waals surface area contributed by atoms with Gasteiger partial charge in [-0.3, -0.25) is 4.79 Å². The second-order valence-electron chi connectivity index (χ2n) is 3.70. The van der Waals surface area contributed by atoms with Crippen molar-refractivity contribution in [3.8, 4) is 0 Å². The van der Waals surface area contributed by atoms with Crippen molar-refractivity contribution in [2.45, 2.75) is 26.7 Å². The topological polar surface area (TPSA) is 17.1 Å². The Hall–Kier alpha value is -1.25.